The Hall–Kier alpha value is -4.70. The lowest BCUT2D eigenvalue weighted by atomic mass is 10.00. The molecule has 0 bridgehead atoms. The number of ether oxygens (including phenoxy) is 1. The van der Waals surface area contributed by atoms with Crippen molar-refractivity contribution < 1.29 is 9.53 Å². The molecule has 0 fully saturated rings. The fourth-order valence-electron chi connectivity index (χ4n) is 4.88. The highest BCUT2D eigenvalue weighted by molar-refractivity contribution is 6.00. The molecule has 0 radical (unpaired) electrons. The van der Waals surface area contributed by atoms with Gasteiger partial charge in [-0.05, 0) is 53.1 Å². The molecule has 0 aromatic heterocycles. The first-order valence-electron chi connectivity index (χ1n) is 12.6. The zero-order chi connectivity index (χ0) is 25.9. The number of rotatable bonds is 7. The summed E-state index contributed by atoms with van der Waals surface area (Å²) in [6, 6.07) is 35.2. The van der Waals surface area contributed by atoms with E-state index in [1.165, 1.54) is 11.1 Å². The van der Waals surface area contributed by atoms with E-state index in [-0.39, 0.29) is 11.8 Å². The second-order valence-corrected chi connectivity index (χ2v) is 9.39. The predicted molar refractivity (Wildman–Crippen MR) is 145 cm³/mol. The highest BCUT2D eigenvalue weighted by Crippen LogP contribution is 2.42. The molecule has 6 nitrogen and oxygen atoms in total. The number of hydrogen-bond acceptors (Lipinski definition) is 6. The van der Waals surface area contributed by atoms with E-state index in [9.17, 15) is 4.79 Å². The maximum atomic E-state index is 13.5. The molecule has 2 aliphatic heterocycles. The average molecular weight is 499 g/mol. The molecule has 0 aliphatic carbocycles. The monoisotopic (exact) mass is 498 g/mol. The van der Waals surface area contributed by atoms with Crippen molar-refractivity contribution in [1.82, 2.24) is 15.8 Å². The van der Waals surface area contributed by atoms with Gasteiger partial charge in [0.1, 0.15) is 5.75 Å². The molecule has 2 aliphatic rings. The van der Waals surface area contributed by atoms with Crippen molar-refractivity contribution in [1.29, 1.82) is 5.26 Å². The Bertz CT molecular complexity index is 1520. The van der Waals surface area contributed by atoms with Crippen LogP contribution in [0.4, 0.5) is 0 Å². The number of ketones is 1. The second kappa shape index (κ2) is 10.3. The van der Waals surface area contributed by atoms with Gasteiger partial charge in [0, 0.05) is 24.2 Å². The molecule has 2 N–H and O–H groups in total. The molecule has 4 aromatic rings. The molecule has 2 heterocycles. The minimum atomic E-state index is -0.849. The number of hydrazine groups is 1. The largest absolute Gasteiger partial charge is 0.465 e. The van der Waals surface area contributed by atoms with Gasteiger partial charge in [-0.15, -0.1) is 0 Å². The van der Waals surface area contributed by atoms with Crippen LogP contribution < -0.4 is 15.5 Å². The molecule has 4 aromatic carbocycles. The highest BCUT2D eigenvalue weighted by atomic mass is 16.5. The Kier molecular flexibility index (Phi) is 6.45. The summed E-state index contributed by atoms with van der Waals surface area (Å²) in [6.45, 7) is 1.60. The van der Waals surface area contributed by atoms with Crippen molar-refractivity contribution in [2.75, 3.05) is 0 Å². The maximum Gasteiger partial charge on any atom is 0.233 e. The van der Waals surface area contributed by atoms with Crippen LogP contribution in [0.25, 0.3) is 5.70 Å². The summed E-state index contributed by atoms with van der Waals surface area (Å²) in [5, 5.41) is 14.5. The van der Waals surface area contributed by atoms with Crippen LogP contribution >= 0.6 is 0 Å². The zero-order valence-electron chi connectivity index (χ0n) is 20.7. The number of nitrogens with one attached hydrogen (secondary N) is 2. The van der Waals surface area contributed by atoms with Crippen LogP contribution in [0.1, 0.15) is 44.2 Å². The standard InChI is InChI=1S/C32H26N4O2/c33-19-22-10-16-26(17-11-22)31(37)32-36-29(27-8-4-5-9-30(27)38-32)18-28(35-36)25-14-12-24(13-15-25)21-34-20-23-6-2-1-3-7-23/h1-18,29,32,34-35H,20-21H2. The fraction of sp³-hybridized carbons (Fsp3) is 0.125. The second-order valence-electron chi connectivity index (χ2n) is 9.39. The molecule has 186 valence electrons. The van der Waals surface area contributed by atoms with Gasteiger partial charge in [-0.2, -0.15) is 10.3 Å². The van der Waals surface area contributed by atoms with E-state index in [2.05, 4.69) is 59.3 Å². The summed E-state index contributed by atoms with van der Waals surface area (Å²) in [4.78, 5) is 13.5. The lowest BCUT2D eigenvalue weighted by Gasteiger charge is -2.37. The molecule has 0 spiro atoms. The predicted octanol–water partition coefficient (Wildman–Crippen LogP) is 5.35. The molecule has 2 atom stereocenters. The molecular formula is C32H26N4O2. The summed E-state index contributed by atoms with van der Waals surface area (Å²) in [6.07, 6.45) is 1.29. The molecule has 6 rings (SSSR count). The van der Waals surface area contributed by atoms with Crippen LogP contribution in [0.15, 0.2) is 109 Å². The van der Waals surface area contributed by atoms with Crippen molar-refractivity contribution in [3.63, 3.8) is 0 Å². The number of para-hydroxylation sites is 1. The number of Topliss-reactive ketones (excluding diaryl/α,β-unsaturated/α-hetero) is 1. The third kappa shape index (κ3) is 4.69. The molecule has 38 heavy (non-hydrogen) atoms. The summed E-state index contributed by atoms with van der Waals surface area (Å²) in [5.41, 5.74) is 9.86. The number of nitriles is 1. The lowest BCUT2D eigenvalue weighted by molar-refractivity contribution is -0.0151. The van der Waals surface area contributed by atoms with E-state index in [0.29, 0.717) is 16.9 Å². The van der Waals surface area contributed by atoms with E-state index in [1.54, 1.807) is 24.3 Å². The first kappa shape index (κ1) is 23.7. The number of carbonyl (C=O) groups excluding carboxylic acids is 1. The van der Waals surface area contributed by atoms with Gasteiger partial charge in [-0.1, -0.05) is 72.8 Å². The Labute approximate surface area is 221 Å². The van der Waals surface area contributed by atoms with Gasteiger partial charge in [0.2, 0.25) is 12.0 Å². The van der Waals surface area contributed by atoms with E-state index in [1.807, 2.05) is 47.5 Å². The topological polar surface area (TPSA) is 77.4 Å². The quantitative estimate of drug-likeness (QED) is 0.335. The molecule has 0 amide bonds. The zero-order valence-corrected chi connectivity index (χ0v) is 20.7. The van der Waals surface area contributed by atoms with Crippen molar-refractivity contribution >= 4 is 11.5 Å². The number of fused-ring (bicyclic) bond motifs is 3. The summed E-state index contributed by atoms with van der Waals surface area (Å²) in [5.74, 6) is 0.524. The van der Waals surface area contributed by atoms with Crippen LogP contribution in [0.2, 0.25) is 0 Å². The smallest absolute Gasteiger partial charge is 0.233 e. The van der Waals surface area contributed by atoms with Crippen molar-refractivity contribution in [3.8, 4) is 11.8 Å². The summed E-state index contributed by atoms with van der Waals surface area (Å²) < 4.78 is 6.21. The van der Waals surface area contributed by atoms with Gasteiger partial charge >= 0.3 is 0 Å². The molecule has 0 saturated carbocycles. The van der Waals surface area contributed by atoms with Crippen molar-refractivity contribution in [2.45, 2.75) is 25.4 Å². The van der Waals surface area contributed by atoms with Crippen LogP contribution in [0, 0.1) is 11.3 Å². The molecule has 6 heteroatoms. The van der Waals surface area contributed by atoms with Crippen molar-refractivity contribution in [2.24, 2.45) is 0 Å². The van der Waals surface area contributed by atoms with E-state index in [0.717, 1.165) is 29.9 Å². The van der Waals surface area contributed by atoms with Gasteiger partial charge in [0.15, 0.2) is 0 Å². The van der Waals surface area contributed by atoms with Crippen molar-refractivity contribution in [3.05, 3.63) is 143 Å². The minimum Gasteiger partial charge on any atom is -0.465 e. The number of nitrogens with zero attached hydrogens (tertiary/aromatic N) is 2. The molecule has 2 unspecified atom stereocenters. The number of carbonyl (C=O) groups is 1. The lowest BCUT2D eigenvalue weighted by Crippen LogP contribution is -2.52. The van der Waals surface area contributed by atoms with E-state index >= 15 is 0 Å². The third-order valence-electron chi connectivity index (χ3n) is 6.89. The highest BCUT2D eigenvalue weighted by Gasteiger charge is 2.43. The number of benzene rings is 4. The Morgan fingerprint density at radius 3 is 2.29 bits per heavy atom. The van der Waals surface area contributed by atoms with Gasteiger partial charge in [0.25, 0.3) is 0 Å². The van der Waals surface area contributed by atoms with Crippen LogP contribution in [-0.4, -0.2) is 17.0 Å². The van der Waals surface area contributed by atoms with Gasteiger partial charge in [-0.25, -0.2) is 0 Å². The summed E-state index contributed by atoms with van der Waals surface area (Å²) in [7, 11) is 0. The van der Waals surface area contributed by atoms with Gasteiger partial charge < -0.3 is 15.5 Å². The van der Waals surface area contributed by atoms with Gasteiger partial charge in [0.05, 0.1) is 23.4 Å². The first-order chi connectivity index (χ1) is 18.7. The van der Waals surface area contributed by atoms with Crippen LogP contribution in [0.3, 0.4) is 0 Å². The van der Waals surface area contributed by atoms with Gasteiger partial charge in [-0.3, -0.25) is 4.79 Å². The Balaban J connectivity index is 1.20. The SMILES string of the molecule is N#Cc1ccc(C(=O)C2Oc3ccccc3C3C=C(c4ccc(CNCc5ccccc5)cc4)NN23)cc1. The normalized spacial score (nSPS) is 17.8. The maximum absolute atomic E-state index is 13.5. The Morgan fingerprint density at radius 2 is 1.55 bits per heavy atom. The van der Waals surface area contributed by atoms with Crippen LogP contribution in [-0.2, 0) is 13.1 Å². The average Bonchev–Trinajstić information content (AvgIpc) is 3.43. The summed E-state index contributed by atoms with van der Waals surface area (Å²) >= 11 is 0. The van der Waals surface area contributed by atoms with E-state index in [4.69, 9.17) is 10.00 Å². The third-order valence-corrected chi connectivity index (χ3v) is 6.89. The molecular weight excluding hydrogens is 472 g/mol. The van der Waals surface area contributed by atoms with E-state index < -0.39 is 6.23 Å². The first-order valence-corrected chi connectivity index (χ1v) is 12.6. The molecule has 0 saturated heterocycles. The van der Waals surface area contributed by atoms with Crippen LogP contribution in [0.5, 0.6) is 5.75 Å². The minimum absolute atomic E-state index is 0.158. The Morgan fingerprint density at radius 1 is 0.868 bits per heavy atom. The number of hydrogen-bond donors (Lipinski definition) is 2. The fourth-order valence-corrected chi connectivity index (χ4v) is 4.88.